The summed E-state index contributed by atoms with van der Waals surface area (Å²) in [6.45, 7) is 0. The van der Waals surface area contributed by atoms with E-state index in [-0.39, 0.29) is 5.78 Å². The van der Waals surface area contributed by atoms with Crippen LogP contribution in [-0.4, -0.2) is 5.78 Å². The third-order valence-electron chi connectivity index (χ3n) is 3.20. The summed E-state index contributed by atoms with van der Waals surface area (Å²) in [5, 5.41) is 0. The molecule has 0 saturated heterocycles. The maximum Gasteiger partial charge on any atom is 0.192 e. The number of Topliss-reactive ketones (excluding diaryl/α,β-unsaturated/α-hetero) is 1. The topological polar surface area (TPSA) is 17.1 Å². The smallest absolute Gasteiger partial charge is 0.192 e. The van der Waals surface area contributed by atoms with Gasteiger partial charge in [-0.3, -0.25) is 4.79 Å². The van der Waals surface area contributed by atoms with Crippen LogP contribution in [0.1, 0.15) is 29.6 Å². The second-order valence-corrected chi connectivity index (χ2v) is 4.19. The number of hydrogen-bond acceptors (Lipinski definition) is 1. The van der Waals surface area contributed by atoms with Crippen LogP contribution in [0.15, 0.2) is 53.1 Å². The van der Waals surface area contributed by atoms with Crippen molar-refractivity contribution in [3.63, 3.8) is 0 Å². The fourth-order valence-electron chi connectivity index (χ4n) is 2.39. The molecule has 0 atom stereocenters. The maximum absolute atomic E-state index is 12.1. The Bertz CT molecular complexity index is 477. The second kappa shape index (κ2) is 3.20. The molecule has 3 rings (SSSR count). The lowest BCUT2D eigenvalue weighted by molar-refractivity contribution is 0.103. The summed E-state index contributed by atoms with van der Waals surface area (Å²) in [5.41, 5.74) is 4.55. The Labute approximate surface area is 89.1 Å². The van der Waals surface area contributed by atoms with Gasteiger partial charge in [-0.05, 0) is 19.3 Å². The SMILES string of the molecule is O=C(C1=C2CCC(=C1)C2)c1ccccc1. The van der Waals surface area contributed by atoms with E-state index in [0.29, 0.717) is 0 Å². The first-order valence-electron chi connectivity index (χ1n) is 5.36. The van der Waals surface area contributed by atoms with E-state index in [4.69, 9.17) is 0 Å². The molecule has 0 aliphatic heterocycles. The fourth-order valence-corrected chi connectivity index (χ4v) is 2.39. The van der Waals surface area contributed by atoms with Crippen molar-refractivity contribution >= 4 is 5.78 Å². The molecule has 15 heavy (non-hydrogen) atoms. The lowest BCUT2D eigenvalue weighted by Gasteiger charge is -2.05. The normalized spacial score (nSPS) is 18.3. The summed E-state index contributed by atoms with van der Waals surface area (Å²) in [6.07, 6.45) is 5.41. The molecule has 1 fully saturated rings. The van der Waals surface area contributed by atoms with Gasteiger partial charge in [0.05, 0.1) is 0 Å². The van der Waals surface area contributed by atoms with Gasteiger partial charge in [0, 0.05) is 11.1 Å². The molecule has 0 N–H and O–H groups in total. The van der Waals surface area contributed by atoms with E-state index in [0.717, 1.165) is 24.0 Å². The van der Waals surface area contributed by atoms with E-state index in [1.165, 1.54) is 17.6 Å². The molecule has 1 heteroatoms. The van der Waals surface area contributed by atoms with Crippen molar-refractivity contribution in [2.75, 3.05) is 0 Å². The lowest BCUT2D eigenvalue weighted by atomic mass is 9.98. The number of fused-ring (bicyclic) bond motifs is 2. The highest BCUT2D eigenvalue weighted by molar-refractivity contribution is 6.11. The number of allylic oxidation sites excluding steroid dienone is 4. The monoisotopic (exact) mass is 196 g/mol. The maximum atomic E-state index is 12.1. The van der Waals surface area contributed by atoms with Crippen molar-refractivity contribution in [3.05, 3.63) is 58.7 Å². The summed E-state index contributed by atoms with van der Waals surface area (Å²) < 4.78 is 0. The Morgan fingerprint density at radius 3 is 2.47 bits per heavy atom. The fraction of sp³-hybridized carbons (Fsp3) is 0.214. The van der Waals surface area contributed by atoms with Crippen LogP contribution >= 0.6 is 0 Å². The molecule has 0 spiro atoms. The number of benzene rings is 1. The van der Waals surface area contributed by atoms with Gasteiger partial charge in [0.1, 0.15) is 0 Å². The van der Waals surface area contributed by atoms with Gasteiger partial charge in [-0.2, -0.15) is 0 Å². The summed E-state index contributed by atoms with van der Waals surface area (Å²) in [5.74, 6) is 0.195. The summed E-state index contributed by atoms with van der Waals surface area (Å²) in [7, 11) is 0. The van der Waals surface area contributed by atoms with Crippen LogP contribution in [0.2, 0.25) is 0 Å². The van der Waals surface area contributed by atoms with Crippen LogP contribution in [0.4, 0.5) is 0 Å². The predicted octanol–water partition coefficient (Wildman–Crippen LogP) is 3.29. The van der Waals surface area contributed by atoms with Crippen molar-refractivity contribution in [2.24, 2.45) is 0 Å². The van der Waals surface area contributed by atoms with Crippen LogP contribution in [0, 0.1) is 0 Å². The zero-order valence-electron chi connectivity index (χ0n) is 8.49. The van der Waals surface area contributed by atoms with Gasteiger partial charge in [-0.25, -0.2) is 0 Å². The van der Waals surface area contributed by atoms with Crippen molar-refractivity contribution in [1.29, 1.82) is 0 Å². The van der Waals surface area contributed by atoms with E-state index in [2.05, 4.69) is 6.08 Å². The van der Waals surface area contributed by atoms with E-state index in [1.54, 1.807) is 0 Å². The Morgan fingerprint density at radius 1 is 1.07 bits per heavy atom. The van der Waals surface area contributed by atoms with Gasteiger partial charge < -0.3 is 0 Å². The highest BCUT2D eigenvalue weighted by Gasteiger charge is 2.26. The number of rotatable bonds is 2. The average Bonchev–Trinajstić information content (AvgIpc) is 2.91. The summed E-state index contributed by atoms with van der Waals surface area (Å²) >= 11 is 0. The Morgan fingerprint density at radius 2 is 1.87 bits per heavy atom. The molecular weight excluding hydrogens is 184 g/mol. The molecule has 2 bridgehead atoms. The van der Waals surface area contributed by atoms with Gasteiger partial charge in [0.2, 0.25) is 0 Å². The van der Waals surface area contributed by atoms with Crippen molar-refractivity contribution in [3.8, 4) is 0 Å². The Kier molecular flexibility index (Phi) is 1.84. The zero-order chi connectivity index (χ0) is 10.3. The quantitative estimate of drug-likeness (QED) is 0.663. The molecule has 1 aromatic rings. The van der Waals surface area contributed by atoms with Crippen molar-refractivity contribution in [2.45, 2.75) is 19.3 Å². The standard InChI is InChI=1S/C14H12O/c15-14(11-4-2-1-3-5-11)13-9-10-6-7-12(13)8-10/h1-5,9H,6-8H2. The summed E-state index contributed by atoms with van der Waals surface area (Å²) in [6, 6.07) is 9.55. The predicted molar refractivity (Wildman–Crippen MR) is 59.7 cm³/mol. The van der Waals surface area contributed by atoms with Gasteiger partial charge in [0.15, 0.2) is 5.78 Å². The van der Waals surface area contributed by atoms with E-state index in [9.17, 15) is 4.79 Å². The minimum atomic E-state index is 0.195. The molecule has 1 nitrogen and oxygen atoms in total. The minimum Gasteiger partial charge on any atom is -0.289 e. The molecule has 0 unspecified atom stereocenters. The Balaban J connectivity index is 1.98. The molecule has 2 aliphatic rings. The number of ketones is 1. The molecule has 1 saturated carbocycles. The zero-order valence-corrected chi connectivity index (χ0v) is 8.49. The number of carbonyl (C=O) groups is 1. The van der Waals surface area contributed by atoms with Gasteiger partial charge >= 0.3 is 0 Å². The van der Waals surface area contributed by atoms with Crippen LogP contribution in [0.3, 0.4) is 0 Å². The van der Waals surface area contributed by atoms with E-state index < -0.39 is 0 Å². The molecule has 0 radical (unpaired) electrons. The molecule has 74 valence electrons. The van der Waals surface area contributed by atoms with E-state index >= 15 is 0 Å². The molecule has 1 aromatic carbocycles. The molecule has 0 aromatic heterocycles. The first-order chi connectivity index (χ1) is 7.34. The van der Waals surface area contributed by atoms with Crippen LogP contribution < -0.4 is 0 Å². The lowest BCUT2D eigenvalue weighted by Crippen LogP contribution is -2.03. The number of hydrogen-bond donors (Lipinski definition) is 0. The highest BCUT2D eigenvalue weighted by atomic mass is 16.1. The molecular formula is C14H12O. The van der Waals surface area contributed by atoms with Gasteiger partial charge in [-0.1, -0.05) is 47.6 Å². The van der Waals surface area contributed by atoms with Crippen LogP contribution in [-0.2, 0) is 0 Å². The first kappa shape index (κ1) is 8.66. The third-order valence-corrected chi connectivity index (χ3v) is 3.20. The van der Waals surface area contributed by atoms with Crippen LogP contribution in [0.25, 0.3) is 0 Å². The molecule has 0 amide bonds. The first-order valence-corrected chi connectivity index (χ1v) is 5.36. The van der Waals surface area contributed by atoms with Crippen molar-refractivity contribution in [1.82, 2.24) is 0 Å². The Hall–Kier alpha value is -1.63. The highest BCUT2D eigenvalue weighted by Crippen LogP contribution is 2.40. The third kappa shape index (κ3) is 1.35. The summed E-state index contributed by atoms with van der Waals surface area (Å²) in [4.78, 5) is 12.1. The second-order valence-electron chi connectivity index (χ2n) is 4.19. The largest absolute Gasteiger partial charge is 0.289 e. The molecule has 0 heterocycles. The van der Waals surface area contributed by atoms with Gasteiger partial charge in [-0.15, -0.1) is 0 Å². The average molecular weight is 196 g/mol. The van der Waals surface area contributed by atoms with Gasteiger partial charge in [0.25, 0.3) is 0 Å². The molecule has 2 aliphatic carbocycles. The van der Waals surface area contributed by atoms with Crippen LogP contribution in [0.5, 0.6) is 0 Å². The number of carbonyl (C=O) groups excluding carboxylic acids is 1. The van der Waals surface area contributed by atoms with Crippen molar-refractivity contribution < 1.29 is 4.79 Å². The minimum absolute atomic E-state index is 0.195. The van der Waals surface area contributed by atoms with E-state index in [1.807, 2.05) is 30.3 Å².